The second-order valence-corrected chi connectivity index (χ2v) is 13.0. The molecule has 0 saturated heterocycles. The van der Waals surface area contributed by atoms with Gasteiger partial charge in [0.1, 0.15) is 28.7 Å². The van der Waals surface area contributed by atoms with Crippen LogP contribution < -0.4 is 25.0 Å². The van der Waals surface area contributed by atoms with Crippen LogP contribution in [0.2, 0.25) is 5.15 Å². The van der Waals surface area contributed by atoms with E-state index in [1.54, 1.807) is 88.3 Å². The zero-order chi connectivity index (χ0) is 40.8. The van der Waals surface area contributed by atoms with Crippen molar-refractivity contribution in [2.45, 2.75) is 46.1 Å². The highest BCUT2D eigenvalue weighted by Crippen LogP contribution is 2.39. The van der Waals surface area contributed by atoms with Crippen molar-refractivity contribution in [2.24, 2.45) is 7.05 Å². The van der Waals surface area contributed by atoms with Gasteiger partial charge in [-0.25, -0.2) is 14.2 Å². The number of nitrogens with zero attached hydrogens (tertiary/aromatic N) is 6. The zero-order valence-corrected chi connectivity index (χ0v) is 30.6. The fraction of sp³-hybridized carbons (Fsp3) is 0.297. The zero-order valence-electron chi connectivity index (χ0n) is 32.9. The molecule has 53 heavy (non-hydrogen) atoms. The smallest absolute Gasteiger partial charge is 0.416 e. The van der Waals surface area contributed by atoms with Crippen LogP contribution in [0.4, 0.5) is 26.4 Å². The Morgan fingerprint density at radius 1 is 0.981 bits per heavy atom. The minimum Gasteiger partial charge on any atom is -0.497 e. The van der Waals surface area contributed by atoms with Gasteiger partial charge in [-0.1, -0.05) is 23.7 Å². The van der Waals surface area contributed by atoms with Gasteiger partial charge in [0.15, 0.2) is 16.6 Å². The monoisotopic (exact) mass is 749 g/mol. The number of hydrogen-bond acceptors (Lipinski definition) is 11. The van der Waals surface area contributed by atoms with Crippen LogP contribution >= 0.6 is 11.6 Å². The molecule has 0 aliphatic heterocycles. The number of aryl methyl sites for hydroxylation is 1. The third-order valence-corrected chi connectivity index (χ3v) is 7.69. The Morgan fingerprint density at radius 3 is 2.42 bits per heavy atom. The van der Waals surface area contributed by atoms with E-state index in [2.05, 4.69) is 25.6 Å². The van der Waals surface area contributed by atoms with E-state index in [0.717, 1.165) is 5.56 Å². The van der Waals surface area contributed by atoms with E-state index in [0.29, 0.717) is 34.0 Å². The molecule has 0 bridgehead atoms. The molecule has 5 rings (SSSR count). The number of carbonyl (C=O) groups excluding carboxylic acids is 2. The van der Waals surface area contributed by atoms with Gasteiger partial charge in [0.25, 0.3) is 5.91 Å². The summed E-state index contributed by atoms with van der Waals surface area (Å²) >= 11 is 6.13. The maximum Gasteiger partial charge on any atom is 0.416 e. The number of ether oxygens (including phenoxy) is 4. The summed E-state index contributed by atoms with van der Waals surface area (Å²) in [6.45, 7) is 2.14. The Morgan fingerprint density at radius 2 is 1.75 bits per heavy atom. The van der Waals surface area contributed by atoms with Crippen molar-refractivity contribution < 1.29 is 37.0 Å². The second kappa shape index (κ2) is 16.7. The lowest BCUT2D eigenvalue weighted by atomic mass is 10.0. The van der Waals surface area contributed by atoms with E-state index in [1.165, 1.54) is 30.2 Å². The molecule has 0 aliphatic rings. The van der Waals surface area contributed by atoms with E-state index in [4.69, 9.17) is 34.7 Å². The van der Waals surface area contributed by atoms with E-state index in [1.807, 2.05) is 5.32 Å². The van der Waals surface area contributed by atoms with Crippen molar-refractivity contribution in [1.29, 1.82) is 0 Å². The van der Waals surface area contributed by atoms with E-state index in [-0.39, 0.29) is 47.8 Å². The molecule has 14 nitrogen and oxygen atoms in total. The summed E-state index contributed by atoms with van der Waals surface area (Å²) in [5.74, 6) is -0.580. The van der Waals surface area contributed by atoms with Crippen molar-refractivity contribution in [3.8, 4) is 22.8 Å². The van der Waals surface area contributed by atoms with Crippen molar-refractivity contribution in [1.82, 2.24) is 30.3 Å². The molecule has 5 aromatic rings. The lowest BCUT2D eigenvalue weighted by Gasteiger charge is -2.27. The van der Waals surface area contributed by atoms with Crippen molar-refractivity contribution in [3.63, 3.8) is 0 Å². The summed E-state index contributed by atoms with van der Waals surface area (Å²) < 4.78 is 61.9. The van der Waals surface area contributed by atoms with Crippen molar-refractivity contribution in [3.05, 3.63) is 100 Å². The molecule has 2 N–H and O–H groups in total. The average Bonchev–Trinajstić information content (AvgIpc) is 3.56. The number of amides is 2. The molecule has 0 fully saturated rings. The van der Waals surface area contributed by atoms with Crippen LogP contribution in [0.25, 0.3) is 11.3 Å². The fourth-order valence-electron chi connectivity index (χ4n) is 5.13. The first-order chi connectivity index (χ1) is 26.4. The maximum absolute atomic E-state index is 15.3. The summed E-state index contributed by atoms with van der Waals surface area (Å²) in [6, 6.07) is 16.2. The summed E-state index contributed by atoms with van der Waals surface area (Å²) in [6.07, 6.45) is 1.07. The highest BCUT2D eigenvalue weighted by Gasteiger charge is 2.26. The lowest BCUT2D eigenvalue weighted by molar-refractivity contribution is 0.0575. The molecule has 3 aromatic heterocycles. The molecule has 278 valence electrons. The molecule has 2 aromatic carbocycles. The SMILES string of the molecule is [2H]C([2H])([2H])NC(=O)c1nnc(Cl)cc1Nc1cc(COCc2nc(N(Cc3ccc(OC)cc3)C(=O)OC(C)(C)C)ccc2F)cc(-c2ccn(C)n2)c1OC. The van der Waals surface area contributed by atoms with Gasteiger partial charge in [-0.15, -0.1) is 10.2 Å². The predicted octanol–water partition coefficient (Wildman–Crippen LogP) is 6.84. The van der Waals surface area contributed by atoms with Gasteiger partial charge in [-0.2, -0.15) is 5.10 Å². The third kappa shape index (κ3) is 9.75. The summed E-state index contributed by atoms with van der Waals surface area (Å²) in [4.78, 5) is 32.1. The summed E-state index contributed by atoms with van der Waals surface area (Å²) in [5, 5.41) is 16.9. The minimum atomic E-state index is -2.80. The van der Waals surface area contributed by atoms with Crippen LogP contribution in [0.15, 0.2) is 66.9 Å². The van der Waals surface area contributed by atoms with Gasteiger partial charge >= 0.3 is 6.09 Å². The molecule has 3 heterocycles. The number of aromatic nitrogens is 5. The van der Waals surface area contributed by atoms with Crippen LogP contribution in [-0.2, 0) is 36.3 Å². The number of methoxy groups -OCH3 is 2. The Hall–Kier alpha value is -5.80. The normalized spacial score (nSPS) is 12.3. The molecular weight excluding hydrogens is 707 g/mol. The van der Waals surface area contributed by atoms with Crippen molar-refractivity contribution >= 4 is 40.8 Å². The first-order valence-electron chi connectivity index (χ1n) is 17.6. The van der Waals surface area contributed by atoms with Crippen LogP contribution in [0.1, 0.15) is 52.2 Å². The second-order valence-electron chi connectivity index (χ2n) is 12.6. The van der Waals surface area contributed by atoms with E-state index >= 15 is 4.39 Å². The number of pyridine rings is 1. The molecule has 0 atom stereocenters. The Balaban J connectivity index is 1.45. The third-order valence-electron chi connectivity index (χ3n) is 7.51. The molecule has 0 saturated carbocycles. The van der Waals surface area contributed by atoms with Gasteiger partial charge in [-0.05, 0) is 74.4 Å². The van der Waals surface area contributed by atoms with Gasteiger partial charge in [0, 0.05) is 36.0 Å². The van der Waals surface area contributed by atoms with E-state index < -0.39 is 30.4 Å². The standard InChI is InChI=1S/C37H40ClFN8O6/c1-37(2,3)53-36(49)47(19-22-8-10-24(50-6)11-9-22)32-13-12-26(39)30(42-32)21-52-20-23-16-25(27-14-15-46(5)45-27)34(51-7)29(17-23)41-28-18-31(38)43-44-33(28)35(48)40-4/h8-18H,19-21H2,1-7H3,(H,40,48)(H,41,43)/i4D3. The topological polar surface area (TPSA) is 155 Å². The van der Waals surface area contributed by atoms with E-state index in [9.17, 15) is 9.59 Å². The van der Waals surface area contributed by atoms with Crippen molar-refractivity contribution in [2.75, 3.05) is 31.4 Å². The van der Waals surface area contributed by atoms with Gasteiger partial charge in [0.2, 0.25) is 0 Å². The molecule has 0 unspecified atom stereocenters. The van der Waals surface area contributed by atoms with Crippen LogP contribution in [0, 0.1) is 5.82 Å². The largest absolute Gasteiger partial charge is 0.497 e. The minimum absolute atomic E-state index is 0.0300. The number of benzene rings is 2. The van der Waals surface area contributed by atoms with Crippen LogP contribution in [0.3, 0.4) is 0 Å². The highest BCUT2D eigenvalue weighted by atomic mass is 35.5. The Kier molecular flexibility index (Phi) is 10.8. The lowest BCUT2D eigenvalue weighted by Crippen LogP contribution is -2.37. The number of hydrogen-bond donors (Lipinski definition) is 2. The first-order valence-corrected chi connectivity index (χ1v) is 16.5. The number of halogens is 2. The number of nitrogens with one attached hydrogen (secondary N) is 2. The summed E-state index contributed by atoms with van der Waals surface area (Å²) in [5.41, 5.74) is 1.47. The molecule has 16 heteroatoms. The first kappa shape index (κ1) is 34.3. The van der Waals surface area contributed by atoms with Crippen LogP contribution in [0.5, 0.6) is 11.5 Å². The quantitative estimate of drug-likeness (QED) is 0.130. The fourth-order valence-corrected chi connectivity index (χ4v) is 5.28. The Labute approximate surface area is 315 Å². The number of carbonyl (C=O) groups is 2. The number of anilines is 3. The number of rotatable bonds is 13. The molecule has 2 amide bonds. The predicted molar refractivity (Wildman–Crippen MR) is 197 cm³/mol. The molecule has 0 aliphatic carbocycles. The Bertz CT molecular complexity index is 2200. The average molecular weight is 750 g/mol. The maximum atomic E-state index is 15.3. The molecule has 0 radical (unpaired) electrons. The van der Waals surface area contributed by atoms with Gasteiger partial charge < -0.3 is 29.6 Å². The molecule has 0 spiro atoms. The van der Waals surface area contributed by atoms with Gasteiger partial charge in [-0.3, -0.25) is 14.4 Å². The van der Waals surface area contributed by atoms with Crippen LogP contribution in [-0.4, -0.2) is 63.8 Å². The highest BCUT2D eigenvalue weighted by molar-refractivity contribution is 6.29. The summed E-state index contributed by atoms with van der Waals surface area (Å²) in [7, 11) is 4.75. The molecular formula is C37H40ClFN8O6. The van der Waals surface area contributed by atoms with Gasteiger partial charge in [0.05, 0.1) is 51.0 Å².